The molecule has 15 rings (SSSR count). The molecule has 0 aliphatic rings. The second-order valence-corrected chi connectivity index (χ2v) is 29.4. The molecule has 0 saturated carbocycles. The molecule has 0 radical (unpaired) electrons. The zero-order valence-corrected chi connectivity index (χ0v) is 54.8. The van der Waals surface area contributed by atoms with E-state index in [1.165, 1.54) is 136 Å². The van der Waals surface area contributed by atoms with Gasteiger partial charge in [-0.25, -0.2) is 0 Å². The molecule has 0 saturated heterocycles. The van der Waals surface area contributed by atoms with Gasteiger partial charge in [-0.1, -0.05) is 334 Å². The van der Waals surface area contributed by atoms with Gasteiger partial charge < -0.3 is 0 Å². The van der Waals surface area contributed by atoms with Gasteiger partial charge in [0.2, 0.25) is 0 Å². The maximum atomic E-state index is 2.32. The van der Waals surface area contributed by atoms with E-state index in [1.54, 1.807) is 0 Å². The first-order valence-electron chi connectivity index (χ1n) is 31.7. The van der Waals surface area contributed by atoms with Crippen LogP contribution in [0.15, 0.2) is 261 Å². The monoisotopic (exact) mass is 1140 g/mol. The Morgan fingerprint density at radius 2 is 0.500 bits per heavy atom. The van der Waals surface area contributed by atoms with Gasteiger partial charge in [0, 0.05) is 0 Å². The van der Waals surface area contributed by atoms with Crippen LogP contribution < -0.4 is 0 Å². The van der Waals surface area contributed by atoms with Crippen LogP contribution in [-0.4, -0.2) is 0 Å². The lowest BCUT2D eigenvalue weighted by Gasteiger charge is -2.24. The van der Waals surface area contributed by atoms with E-state index >= 15 is 0 Å². The number of hydrogen-bond acceptors (Lipinski definition) is 0. The van der Waals surface area contributed by atoms with Crippen LogP contribution in [0.3, 0.4) is 0 Å². The van der Waals surface area contributed by atoms with Crippen LogP contribution in [-0.2, 0) is 27.1 Å². The van der Waals surface area contributed by atoms with Crippen molar-refractivity contribution in [1.29, 1.82) is 0 Å². The Bertz CT molecular complexity index is 4860. The van der Waals surface area contributed by atoms with Crippen molar-refractivity contribution in [2.45, 2.75) is 131 Å². The highest BCUT2D eigenvalue weighted by Gasteiger charge is 2.22. The number of fused-ring (bicyclic) bond motifs is 7. The minimum absolute atomic E-state index is 0.153. The molecule has 0 atom stereocenters. The lowest BCUT2D eigenvalue weighted by molar-refractivity contribution is 0.591. The summed E-state index contributed by atoms with van der Waals surface area (Å²) < 4.78 is 0. The van der Waals surface area contributed by atoms with Crippen molar-refractivity contribution in [2.75, 3.05) is 0 Å². The molecular formula is C88H88. The summed E-state index contributed by atoms with van der Waals surface area (Å²) in [5.41, 5.74) is 8.07. The molecule has 0 heteroatoms. The highest BCUT2D eigenvalue weighted by atomic mass is 14.3. The standard InChI is InChI=1S/C20H18.3C18H18.C14H16/c1-20(2,3)17-12-10-15-8-7-13-5-4-6-14-9-11-16(17)19(15)18(13)14;1-18(2,3)17-15-10-6-4-8-13(15)12-14-9-5-7-11-16(14)17;1-18(2,3)17-10-6-9-15-11-13-7-4-5-8-14(13)12-16(15)17;1-18(2,3)17-9-8-15-10-13-6-4-5-7-14(13)11-16(15)12-17;1-14(2,3)13-10-6-8-11-7-4-5-9-12(11)13/h4-12H,1-3H3;3*4-12H,1-3H3;4-10H,1-3H3. The quantitative estimate of drug-likeness (QED) is 0.105. The first-order valence-corrected chi connectivity index (χ1v) is 31.7. The van der Waals surface area contributed by atoms with Crippen LogP contribution in [0.2, 0.25) is 0 Å². The summed E-state index contributed by atoms with van der Waals surface area (Å²) >= 11 is 0. The van der Waals surface area contributed by atoms with E-state index in [2.05, 4.69) is 365 Å². The van der Waals surface area contributed by atoms with Crippen molar-refractivity contribution >= 4 is 108 Å². The predicted octanol–water partition coefficient (Wildman–Crippen LogP) is 25.9. The van der Waals surface area contributed by atoms with Crippen LogP contribution in [0.4, 0.5) is 0 Å². The van der Waals surface area contributed by atoms with E-state index in [0.29, 0.717) is 0 Å². The van der Waals surface area contributed by atoms with Crippen LogP contribution in [0.1, 0.15) is 132 Å². The second kappa shape index (κ2) is 24.0. The van der Waals surface area contributed by atoms with Crippen LogP contribution in [0.25, 0.3) is 108 Å². The molecule has 0 nitrogen and oxygen atoms in total. The Labute approximate surface area is 524 Å². The van der Waals surface area contributed by atoms with Gasteiger partial charge in [0.15, 0.2) is 0 Å². The maximum Gasteiger partial charge on any atom is -0.00238 e. The average Bonchev–Trinajstić information content (AvgIpc) is 0.783. The molecule has 0 aliphatic carbocycles. The van der Waals surface area contributed by atoms with Crippen LogP contribution in [0, 0.1) is 0 Å². The first-order chi connectivity index (χ1) is 41.8. The smallest absolute Gasteiger partial charge is 0.00238 e. The molecule has 0 bridgehead atoms. The highest BCUT2D eigenvalue weighted by molar-refractivity contribution is 6.23. The molecule has 15 aromatic rings. The second-order valence-electron chi connectivity index (χ2n) is 29.4. The maximum absolute atomic E-state index is 2.32. The molecule has 0 unspecified atom stereocenters. The lowest BCUT2D eigenvalue weighted by Crippen LogP contribution is -2.12. The van der Waals surface area contributed by atoms with Crippen molar-refractivity contribution in [3.63, 3.8) is 0 Å². The number of benzene rings is 15. The van der Waals surface area contributed by atoms with Gasteiger partial charge in [-0.15, -0.1) is 0 Å². The Morgan fingerprint density at radius 1 is 0.170 bits per heavy atom. The fourth-order valence-electron chi connectivity index (χ4n) is 13.1. The topological polar surface area (TPSA) is 0 Å². The Hall–Kier alpha value is -8.84. The van der Waals surface area contributed by atoms with E-state index < -0.39 is 0 Å². The minimum Gasteiger partial charge on any atom is -0.0616 e. The molecular weight excluding hydrogens is 1060 g/mol. The summed E-state index contributed by atoms with van der Waals surface area (Å²) in [6.45, 7) is 34.1. The van der Waals surface area contributed by atoms with Gasteiger partial charge in [-0.3, -0.25) is 0 Å². The van der Waals surface area contributed by atoms with E-state index in [9.17, 15) is 0 Å². The van der Waals surface area contributed by atoms with Crippen molar-refractivity contribution in [3.8, 4) is 0 Å². The molecule has 0 aromatic heterocycles. The van der Waals surface area contributed by atoms with Crippen LogP contribution >= 0.6 is 0 Å². The Kier molecular flexibility index (Phi) is 16.6. The van der Waals surface area contributed by atoms with E-state index in [0.717, 1.165) is 0 Å². The average molecular weight is 1150 g/mol. The van der Waals surface area contributed by atoms with Gasteiger partial charge in [-0.2, -0.15) is 0 Å². The fraction of sp³-hybridized carbons (Fsp3) is 0.227. The summed E-state index contributed by atoms with van der Waals surface area (Å²) in [5.74, 6) is 0. The van der Waals surface area contributed by atoms with Crippen molar-refractivity contribution in [1.82, 2.24) is 0 Å². The normalized spacial score (nSPS) is 12.3. The largest absolute Gasteiger partial charge is 0.0616 e. The van der Waals surface area contributed by atoms with E-state index in [1.807, 2.05) is 0 Å². The van der Waals surface area contributed by atoms with Gasteiger partial charge in [0.1, 0.15) is 0 Å². The number of hydrogen-bond donors (Lipinski definition) is 0. The molecule has 88 heavy (non-hydrogen) atoms. The van der Waals surface area contributed by atoms with Gasteiger partial charge in [0.05, 0.1) is 0 Å². The third-order valence-electron chi connectivity index (χ3n) is 17.6. The molecule has 0 heterocycles. The number of rotatable bonds is 0. The van der Waals surface area contributed by atoms with Gasteiger partial charge in [0.25, 0.3) is 0 Å². The summed E-state index contributed by atoms with van der Waals surface area (Å²) in [6.07, 6.45) is 0. The summed E-state index contributed by atoms with van der Waals surface area (Å²) in [5, 5.41) is 27.0. The van der Waals surface area contributed by atoms with Crippen molar-refractivity contribution in [2.24, 2.45) is 0 Å². The SMILES string of the molecule is CC(C)(C)c1c2ccccc2cc2ccccc12.CC(C)(C)c1ccc2cc3ccccc3cc2c1.CC(C)(C)c1ccc2ccc3cccc4ccc1c2c34.CC(C)(C)c1cccc2cc3ccccc3cc12.CC(C)(C)c1cccc2ccccc12. The summed E-state index contributed by atoms with van der Waals surface area (Å²) in [7, 11) is 0. The predicted molar refractivity (Wildman–Crippen MR) is 392 cm³/mol. The van der Waals surface area contributed by atoms with Gasteiger partial charge >= 0.3 is 0 Å². The molecule has 15 aromatic carbocycles. The Morgan fingerprint density at radius 3 is 1.02 bits per heavy atom. The molecule has 0 aliphatic heterocycles. The van der Waals surface area contributed by atoms with Crippen molar-refractivity contribution < 1.29 is 0 Å². The lowest BCUT2D eigenvalue weighted by atomic mass is 9.80. The molecule has 0 N–H and O–H groups in total. The zero-order chi connectivity index (χ0) is 62.3. The van der Waals surface area contributed by atoms with Gasteiger partial charge in [-0.05, 0) is 193 Å². The molecule has 0 spiro atoms. The minimum atomic E-state index is 0.153. The highest BCUT2D eigenvalue weighted by Crippen LogP contribution is 2.41. The first kappa shape index (κ1) is 60.8. The fourth-order valence-corrected chi connectivity index (χ4v) is 13.1. The third-order valence-corrected chi connectivity index (χ3v) is 17.6. The zero-order valence-electron chi connectivity index (χ0n) is 54.8. The summed E-state index contributed by atoms with van der Waals surface area (Å²) in [6, 6.07) is 94.7. The van der Waals surface area contributed by atoms with Crippen LogP contribution in [0.5, 0.6) is 0 Å². The van der Waals surface area contributed by atoms with E-state index in [-0.39, 0.29) is 27.1 Å². The Balaban J connectivity index is 0.000000114. The molecule has 0 fully saturated rings. The molecule has 440 valence electrons. The molecule has 0 amide bonds. The summed E-state index contributed by atoms with van der Waals surface area (Å²) in [4.78, 5) is 0. The third kappa shape index (κ3) is 12.9. The van der Waals surface area contributed by atoms with E-state index in [4.69, 9.17) is 0 Å². The van der Waals surface area contributed by atoms with Crippen molar-refractivity contribution in [3.05, 3.63) is 289 Å².